The van der Waals surface area contributed by atoms with Crippen LogP contribution in [0.3, 0.4) is 0 Å². The molecule has 1 aliphatic rings. The molecule has 1 aromatic heterocycles. The van der Waals surface area contributed by atoms with Gasteiger partial charge in [-0.05, 0) is 19.3 Å². The zero-order chi connectivity index (χ0) is 14.7. The molecule has 0 bridgehead atoms. The Morgan fingerprint density at radius 3 is 2.60 bits per heavy atom. The lowest BCUT2D eigenvalue weighted by atomic mass is 10.0. The van der Waals surface area contributed by atoms with E-state index >= 15 is 0 Å². The van der Waals surface area contributed by atoms with Crippen LogP contribution in [0.2, 0.25) is 0 Å². The van der Waals surface area contributed by atoms with E-state index in [-0.39, 0.29) is 17.9 Å². The van der Waals surface area contributed by atoms with Gasteiger partial charge in [-0.25, -0.2) is 0 Å². The van der Waals surface area contributed by atoms with E-state index in [9.17, 15) is 9.59 Å². The molecule has 2 rings (SSSR count). The smallest absolute Gasteiger partial charge is 0.276 e. The molecule has 1 saturated heterocycles. The first-order valence-corrected chi connectivity index (χ1v) is 6.92. The zero-order valence-electron chi connectivity index (χ0n) is 11.9. The van der Waals surface area contributed by atoms with Crippen molar-refractivity contribution in [3.8, 4) is 0 Å². The van der Waals surface area contributed by atoms with Gasteiger partial charge < -0.3 is 16.0 Å². The third-order valence-electron chi connectivity index (χ3n) is 3.63. The minimum Gasteiger partial charge on any atom is -0.395 e. The number of hydrogen-bond acceptors (Lipinski definition) is 4. The number of hydrogen-bond donors (Lipinski definition) is 3. The van der Waals surface area contributed by atoms with Gasteiger partial charge in [-0.3, -0.25) is 14.7 Å². The molecule has 0 spiro atoms. The number of aromatic nitrogens is 2. The predicted molar refractivity (Wildman–Crippen MR) is 75.1 cm³/mol. The van der Waals surface area contributed by atoms with Gasteiger partial charge in [0, 0.05) is 26.1 Å². The van der Waals surface area contributed by atoms with Crippen molar-refractivity contribution in [1.82, 2.24) is 20.4 Å². The number of nitrogens with zero attached hydrogens (tertiary/aromatic N) is 2. The van der Waals surface area contributed by atoms with Crippen molar-refractivity contribution in [2.75, 3.05) is 18.8 Å². The second-order valence-corrected chi connectivity index (χ2v) is 5.08. The molecule has 0 aliphatic carbocycles. The quantitative estimate of drug-likeness (QED) is 0.740. The number of piperidine rings is 1. The number of carbonyl (C=O) groups excluding carboxylic acids is 2. The maximum atomic E-state index is 12.4. The Labute approximate surface area is 117 Å². The van der Waals surface area contributed by atoms with E-state index in [1.807, 2.05) is 6.92 Å². The number of aryl methyl sites for hydroxylation is 1. The molecule has 2 heterocycles. The summed E-state index contributed by atoms with van der Waals surface area (Å²) >= 11 is 0. The van der Waals surface area contributed by atoms with Crippen molar-refractivity contribution in [3.05, 3.63) is 11.4 Å². The molecule has 0 saturated carbocycles. The maximum Gasteiger partial charge on any atom is 0.276 e. The fourth-order valence-corrected chi connectivity index (χ4v) is 2.48. The second kappa shape index (κ2) is 5.94. The summed E-state index contributed by atoms with van der Waals surface area (Å²) in [6.07, 6.45) is 2.24. The zero-order valence-corrected chi connectivity index (χ0v) is 11.9. The Bertz CT molecular complexity index is 503. The molecular formula is C13H21N5O2. The van der Waals surface area contributed by atoms with Crippen LogP contribution in [0.15, 0.2) is 0 Å². The van der Waals surface area contributed by atoms with E-state index in [4.69, 9.17) is 5.73 Å². The van der Waals surface area contributed by atoms with Gasteiger partial charge in [-0.15, -0.1) is 0 Å². The monoisotopic (exact) mass is 279 g/mol. The van der Waals surface area contributed by atoms with Crippen LogP contribution in [0.25, 0.3) is 0 Å². The van der Waals surface area contributed by atoms with E-state index in [0.717, 1.165) is 25.0 Å². The highest BCUT2D eigenvalue weighted by atomic mass is 16.2. The number of anilines is 1. The highest BCUT2D eigenvalue weighted by molar-refractivity contribution is 5.97. The molecule has 7 nitrogen and oxygen atoms in total. The van der Waals surface area contributed by atoms with Gasteiger partial charge in [0.05, 0.1) is 11.4 Å². The largest absolute Gasteiger partial charge is 0.395 e. The van der Waals surface area contributed by atoms with Gasteiger partial charge in [-0.1, -0.05) is 6.92 Å². The topological polar surface area (TPSA) is 104 Å². The molecule has 7 heteroatoms. The molecule has 0 unspecified atom stereocenters. The van der Waals surface area contributed by atoms with Gasteiger partial charge in [0.15, 0.2) is 5.69 Å². The molecular weight excluding hydrogens is 258 g/mol. The number of nitrogens with one attached hydrogen (secondary N) is 2. The lowest BCUT2D eigenvalue weighted by Crippen LogP contribution is -2.46. The van der Waals surface area contributed by atoms with Crippen LogP contribution < -0.4 is 11.1 Å². The van der Waals surface area contributed by atoms with Crippen molar-refractivity contribution in [2.24, 2.45) is 0 Å². The molecule has 0 atom stereocenters. The van der Waals surface area contributed by atoms with Crippen molar-refractivity contribution < 1.29 is 9.59 Å². The number of nitrogen functional groups attached to an aromatic ring is 1. The molecule has 1 aliphatic heterocycles. The number of carbonyl (C=O) groups is 2. The second-order valence-electron chi connectivity index (χ2n) is 5.08. The standard InChI is InChI=1S/C13H21N5O2/c1-3-10-11(14)12(17-16-10)13(20)18-6-4-9(5-7-18)15-8(2)19/h9H,3-7,14H2,1-2H3,(H,15,19)(H,16,17). The molecule has 0 radical (unpaired) electrons. The summed E-state index contributed by atoms with van der Waals surface area (Å²) in [6, 6.07) is 0.152. The Kier molecular flexibility index (Phi) is 4.26. The van der Waals surface area contributed by atoms with Crippen LogP contribution in [0.5, 0.6) is 0 Å². The number of nitrogens with two attached hydrogens (primary N) is 1. The van der Waals surface area contributed by atoms with Crippen LogP contribution in [0.1, 0.15) is 42.9 Å². The Hall–Kier alpha value is -2.05. The number of aromatic amines is 1. The van der Waals surface area contributed by atoms with Crippen LogP contribution in [0.4, 0.5) is 5.69 Å². The molecule has 1 aromatic rings. The van der Waals surface area contributed by atoms with Gasteiger partial charge >= 0.3 is 0 Å². The lowest BCUT2D eigenvalue weighted by Gasteiger charge is -2.31. The molecule has 2 amide bonds. The summed E-state index contributed by atoms with van der Waals surface area (Å²) in [5.74, 6) is -0.168. The van der Waals surface area contributed by atoms with Gasteiger partial charge in [0.25, 0.3) is 5.91 Å². The lowest BCUT2D eigenvalue weighted by molar-refractivity contribution is -0.119. The van der Waals surface area contributed by atoms with Crippen molar-refractivity contribution >= 4 is 17.5 Å². The summed E-state index contributed by atoms with van der Waals surface area (Å²) in [4.78, 5) is 25.1. The van der Waals surface area contributed by atoms with E-state index in [1.165, 1.54) is 6.92 Å². The summed E-state index contributed by atoms with van der Waals surface area (Å²) in [7, 11) is 0. The summed E-state index contributed by atoms with van der Waals surface area (Å²) in [6.45, 7) is 4.68. The minimum atomic E-state index is -0.139. The maximum absolute atomic E-state index is 12.4. The third-order valence-corrected chi connectivity index (χ3v) is 3.63. The van der Waals surface area contributed by atoms with Crippen molar-refractivity contribution in [3.63, 3.8) is 0 Å². The van der Waals surface area contributed by atoms with Crippen molar-refractivity contribution in [2.45, 2.75) is 39.2 Å². The predicted octanol–water partition coefficient (Wildman–Crippen LogP) is 0.295. The van der Waals surface area contributed by atoms with Gasteiger partial charge in [-0.2, -0.15) is 5.10 Å². The first kappa shape index (κ1) is 14.4. The first-order valence-electron chi connectivity index (χ1n) is 6.92. The van der Waals surface area contributed by atoms with Crippen molar-refractivity contribution in [1.29, 1.82) is 0 Å². The van der Waals surface area contributed by atoms with Crippen LogP contribution >= 0.6 is 0 Å². The number of H-pyrrole nitrogens is 1. The van der Waals surface area contributed by atoms with E-state index < -0.39 is 0 Å². The van der Waals surface area contributed by atoms with E-state index in [1.54, 1.807) is 4.90 Å². The summed E-state index contributed by atoms with van der Waals surface area (Å²) in [5, 5.41) is 9.70. The molecule has 1 fully saturated rings. The highest BCUT2D eigenvalue weighted by Crippen LogP contribution is 2.19. The molecule has 4 N–H and O–H groups in total. The van der Waals surface area contributed by atoms with E-state index in [2.05, 4.69) is 15.5 Å². The molecule has 0 aromatic carbocycles. The van der Waals surface area contributed by atoms with Crippen LogP contribution in [-0.4, -0.2) is 46.0 Å². The fourth-order valence-electron chi connectivity index (χ4n) is 2.48. The SMILES string of the molecule is CCc1[nH]nc(C(=O)N2CCC(NC(C)=O)CC2)c1N. The highest BCUT2D eigenvalue weighted by Gasteiger charge is 2.27. The average Bonchev–Trinajstić information content (AvgIpc) is 2.79. The Balaban J connectivity index is 1.98. The van der Waals surface area contributed by atoms with E-state index in [0.29, 0.717) is 24.5 Å². The minimum absolute atomic E-state index is 0.0288. The first-order chi connectivity index (χ1) is 9.52. The fraction of sp³-hybridized carbons (Fsp3) is 0.615. The van der Waals surface area contributed by atoms with Crippen LogP contribution in [-0.2, 0) is 11.2 Å². The normalized spacial score (nSPS) is 16.2. The summed E-state index contributed by atoms with van der Waals surface area (Å²) < 4.78 is 0. The molecule has 20 heavy (non-hydrogen) atoms. The Morgan fingerprint density at radius 1 is 1.45 bits per heavy atom. The third kappa shape index (κ3) is 2.92. The number of amides is 2. The van der Waals surface area contributed by atoms with Crippen LogP contribution in [0, 0.1) is 0 Å². The average molecular weight is 279 g/mol. The van der Waals surface area contributed by atoms with Gasteiger partial charge in [0.1, 0.15) is 0 Å². The number of likely N-dealkylation sites (tertiary alicyclic amines) is 1. The van der Waals surface area contributed by atoms with Gasteiger partial charge in [0.2, 0.25) is 5.91 Å². The summed E-state index contributed by atoms with van der Waals surface area (Å²) in [5.41, 5.74) is 7.46. The Morgan fingerprint density at radius 2 is 2.10 bits per heavy atom. The number of rotatable bonds is 3. The molecule has 110 valence electrons.